The predicted molar refractivity (Wildman–Crippen MR) is 151 cm³/mol. The number of aromatic carboxylic acids is 1. The number of nitrogens with one attached hydrogen (secondary N) is 2. The number of benzene rings is 2. The van der Waals surface area contributed by atoms with Crippen molar-refractivity contribution < 1.29 is 23.8 Å². The number of hydrogen-bond acceptors (Lipinski definition) is 6. The Morgan fingerprint density at radius 3 is 2.59 bits per heavy atom. The number of hydrogen-bond donors (Lipinski definition) is 3. The van der Waals surface area contributed by atoms with Crippen molar-refractivity contribution in [1.82, 2.24) is 10.3 Å². The van der Waals surface area contributed by atoms with E-state index in [-0.39, 0.29) is 30.2 Å². The number of anilines is 2. The summed E-state index contributed by atoms with van der Waals surface area (Å²) in [4.78, 5) is 29.8. The first-order valence-corrected chi connectivity index (χ1v) is 12.6. The Labute approximate surface area is 230 Å². The molecule has 0 aliphatic carbocycles. The van der Waals surface area contributed by atoms with Crippen molar-refractivity contribution in [3.05, 3.63) is 102 Å². The molecular weight excluding hydrogens is 516 g/mol. The number of amides is 1. The number of carbonyl (C=O) groups is 2. The maximum absolute atomic E-state index is 11.9. The summed E-state index contributed by atoms with van der Waals surface area (Å²) < 4.78 is 11.3. The Morgan fingerprint density at radius 1 is 1.13 bits per heavy atom. The van der Waals surface area contributed by atoms with E-state index < -0.39 is 5.97 Å². The lowest BCUT2D eigenvalue weighted by Gasteiger charge is -2.26. The number of nitrogens with zero attached hydrogens (tertiary/aromatic N) is 2. The van der Waals surface area contributed by atoms with Crippen molar-refractivity contribution in [2.75, 3.05) is 23.9 Å². The number of furan rings is 1. The smallest absolute Gasteiger partial charge is 0.335 e. The number of thiocarbonyl (C=S) groups is 1. The van der Waals surface area contributed by atoms with Gasteiger partial charge in [0.1, 0.15) is 24.2 Å². The molecule has 0 radical (unpaired) electrons. The standard InChI is InChI=1S/C29H26N4O5S/c1-17-15-18(28(35)36)6-11-21(17)23-12-13-24(38-23)27-26(22-5-3-4-14-30-22)32-29(39)33(27)20-9-7-19(8-10-20)31-25(34)16-37-2/h3-15,26-27H,16H2,1-2H3,(H,31,34)(H,32,39)(H,35,36)/t26-,27+/m1/s1. The molecular formula is C29H26N4O5S. The molecule has 10 heteroatoms. The number of carbonyl (C=O) groups excluding carboxylic acids is 1. The number of aromatic nitrogens is 1. The van der Waals surface area contributed by atoms with Gasteiger partial charge in [-0.15, -0.1) is 0 Å². The number of pyridine rings is 1. The topological polar surface area (TPSA) is 117 Å². The number of ether oxygens (including phenoxy) is 1. The van der Waals surface area contributed by atoms with Crippen LogP contribution in [0, 0.1) is 6.92 Å². The van der Waals surface area contributed by atoms with Gasteiger partial charge in [0.15, 0.2) is 5.11 Å². The summed E-state index contributed by atoms with van der Waals surface area (Å²) in [7, 11) is 1.47. The fraction of sp³-hybridized carbons (Fsp3) is 0.172. The van der Waals surface area contributed by atoms with Crippen molar-refractivity contribution in [1.29, 1.82) is 0 Å². The van der Waals surface area contributed by atoms with Gasteiger partial charge in [-0.3, -0.25) is 9.78 Å². The van der Waals surface area contributed by atoms with Crippen molar-refractivity contribution in [2.24, 2.45) is 0 Å². The summed E-state index contributed by atoms with van der Waals surface area (Å²) in [5.41, 5.74) is 4.06. The highest BCUT2D eigenvalue weighted by molar-refractivity contribution is 7.80. The fourth-order valence-electron chi connectivity index (χ4n) is 4.69. The predicted octanol–water partition coefficient (Wildman–Crippen LogP) is 5.11. The zero-order valence-corrected chi connectivity index (χ0v) is 22.1. The summed E-state index contributed by atoms with van der Waals surface area (Å²) in [6, 6.07) is 21.1. The lowest BCUT2D eigenvalue weighted by molar-refractivity contribution is -0.119. The molecule has 2 aromatic heterocycles. The molecule has 5 rings (SSSR count). The van der Waals surface area contributed by atoms with E-state index in [9.17, 15) is 14.7 Å². The van der Waals surface area contributed by atoms with E-state index in [2.05, 4.69) is 15.6 Å². The fourth-order valence-corrected chi connectivity index (χ4v) is 5.03. The third kappa shape index (κ3) is 5.38. The van der Waals surface area contributed by atoms with Gasteiger partial charge in [-0.1, -0.05) is 12.1 Å². The number of carboxylic acids is 1. The monoisotopic (exact) mass is 542 g/mol. The molecule has 39 heavy (non-hydrogen) atoms. The van der Waals surface area contributed by atoms with Crippen LogP contribution in [0.5, 0.6) is 0 Å². The van der Waals surface area contributed by atoms with E-state index in [1.807, 2.05) is 54.3 Å². The van der Waals surface area contributed by atoms with Gasteiger partial charge < -0.3 is 29.8 Å². The van der Waals surface area contributed by atoms with Gasteiger partial charge in [0.25, 0.3) is 0 Å². The first kappa shape index (κ1) is 26.1. The van der Waals surface area contributed by atoms with Crippen molar-refractivity contribution in [2.45, 2.75) is 19.0 Å². The average Bonchev–Trinajstić information content (AvgIpc) is 3.54. The minimum Gasteiger partial charge on any atom is -0.478 e. The number of aryl methyl sites for hydroxylation is 1. The van der Waals surface area contributed by atoms with E-state index in [1.54, 1.807) is 36.5 Å². The molecule has 3 N–H and O–H groups in total. The lowest BCUT2D eigenvalue weighted by atomic mass is 10.0. The molecule has 0 saturated carbocycles. The zero-order valence-electron chi connectivity index (χ0n) is 21.3. The molecule has 2 aromatic carbocycles. The maximum atomic E-state index is 11.9. The molecule has 1 aliphatic rings. The second-order valence-corrected chi connectivity index (χ2v) is 9.45. The van der Waals surface area contributed by atoms with Gasteiger partial charge in [-0.2, -0.15) is 0 Å². The van der Waals surface area contributed by atoms with Gasteiger partial charge in [0, 0.05) is 30.2 Å². The summed E-state index contributed by atoms with van der Waals surface area (Å²) >= 11 is 5.78. The second-order valence-electron chi connectivity index (χ2n) is 9.06. The molecule has 1 aliphatic heterocycles. The van der Waals surface area contributed by atoms with Crippen LogP contribution in [0.25, 0.3) is 11.3 Å². The SMILES string of the molecule is COCC(=O)Nc1ccc(N2C(=S)N[C@H](c3ccccn3)[C@@H]2c2ccc(-c3ccc(C(=O)O)cc3C)o2)cc1. The van der Waals surface area contributed by atoms with E-state index in [1.165, 1.54) is 7.11 Å². The van der Waals surface area contributed by atoms with Crippen LogP contribution in [0.3, 0.4) is 0 Å². The number of carboxylic acid groups (broad SMARTS) is 1. The van der Waals surface area contributed by atoms with E-state index in [0.717, 1.165) is 22.5 Å². The first-order valence-electron chi connectivity index (χ1n) is 12.2. The summed E-state index contributed by atoms with van der Waals surface area (Å²) in [5, 5.41) is 16.0. The Morgan fingerprint density at radius 2 is 1.92 bits per heavy atom. The van der Waals surface area contributed by atoms with Crippen LogP contribution in [0.15, 0.2) is 83.4 Å². The minimum atomic E-state index is -0.978. The van der Waals surface area contributed by atoms with Crippen molar-refractivity contribution >= 4 is 40.6 Å². The Hall–Kier alpha value is -4.54. The first-order chi connectivity index (χ1) is 18.9. The summed E-state index contributed by atoms with van der Waals surface area (Å²) in [6.45, 7) is 1.82. The average molecular weight is 543 g/mol. The highest BCUT2D eigenvalue weighted by Gasteiger charge is 2.42. The molecule has 3 heterocycles. The van der Waals surface area contributed by atoms with E-state index in [4.69, 9.17) is 21.4 Å². The van der Waals surface area contributed by atoms with Crippen LogP contribution in [-0.4, -0.2) is 40.8 Å². The van der Waals surface area contributed by atoms with Crippen molar-refractivity contribution in [3.63, 3.8) is 0 Å². The van der Waals surface area contributed by atoms with Gasteiger partial charge in [0.2, 0.25) is 5.91 Å². The lowest BCUT2D eigenvalue weighted by Crippen LogP contribution is -2.29. The zero-order chi connectivity index (χ0) is 27.5. The normalized spacial score (nSPS) is 16.7. The minimum absolute atomic E-state index is 0.0327. The van der Waals surface area contributed by atoms with Crippen molar-refractivity contribution in [3.8, 4) is 11.3 Å². The van der Waals surface area contributed by atoms with Crippen LogP contribution in [-0.2, 0) is 9.53 Å². The molecule has 1 fully saturated rings. The van der Waals surface area contributed by atoms with Gasteiger partial charge in [0.05, 0.1) is 17.3 Å². The van der Waals surface area contributed by atoms with E-state index in [0.29, 0.717) is 22.3 Å². The summed E-state index contributed by atoms with van der Waals surface area (Å²) in [5.74, 6) is 0.0559. The van der Waals surface area contributed by atoms with Crippen LogP contribution in [0.1, 0.15) is 39.5 Å². The highest BCUT2D eigenvalue weighted by atomic mass is 32.1. The van der Waals surface area contributed by atoms with Crippen LogP contribution in [0.2, 0.25) is 0 Å². The highest BCUT2D eigenvalue weighted by Crippen LogP contribution is 2.43. The molecule has 198 valence electrons. The summed E-state index contributed by atoms with van der Waals surface area (Å²) in [6.07, 6.45) is 1.73. The molecule has 0 unspecified atom stereocenters. The van der Waals surface area contributed by atoms with Crippen LogP contribution in [0.4, 0.5) is 11.4 Å². The van der Waals surface area contributed by atoms with Crippen LogP contribution < -0.4 is 15.5 Å². The van der Waals surface area contributed by atoms with Crippen LogP contribution >= 0.6 is 12.2 Å². The molecule has 1 amide bonds. The van der Waals surface area contributed by atoms with E-state index >= 15 is 0 Å². The Bertz CT molecular complexity index is 1520. The third-order valence-electron chi connectivity index (χ3n) is 6.46. The molecule has 0 bridgehead atoms. The van der Waals surface area contributed by atoms with Gasteiger partial charge >= 0.3 is 5.97 Å². The number of methoxy groups -OCH3 is 1. The molecule has 2 atom stereocenters. The Kier molecular flexibility index (Phi) is 7.40. The molecule has 4 aromatic rings. The molecule has 1 saturated heterocycles. The largest absolute Gasteiger partial charge is 0.478 e. The quantitative estimate of drug-likeness (QED) is 0.261. The second kappa shape index (κ2) is 11.1. The maximum Gasteiger partial charge on any atom is 0.335 e. The molecule has 0 spiro atoms. The third-order valence-corrected chi connectivity index (χ3v) is 6.77. The van der Waals surface area contributed by atoms with Gasteiger partial charge in [-0.25, -0.2) is 4.79 Å². The van der Waals surface area contributed by atoms with Gasteiger partial charge in [-0.05, 0) is 85.4 Å². The molecule has 9 nitrogen and oxygen atoms in total. The number of rotatable bonds is 8. The Balaban J connectivity index is 1.51.